The van der Waals surface area contributed by atoms with Crippen molar-refractivity contribution in [1.82, 2.24) is 5.32 Å². The van der Waals surface area contributed by atoms with Crippen LogP contribution in [0.25, 0.3) is 0 Å². The quantitative estimate of drug-likeness (QED) is 0.780. The molecule has 0 radical (unpaired) electrons. The van der Waals surface area contributed by atoms with Gasteiger partial charge >= 0.3 is 12.0 Å². The minimum absolute atomic E-state index is 0.100. The van der Waals surface area contributed by atoms with E-state index in [0.29, 0.717) is 11.4 Å². The molecule has 1 aromatic rings. The molecule has 0 fully saturated rings. The molecule has 2 N–H and O–H groups in total. The molecule has 0 saturated heterocycles. The number of fused-ring (bicyclic) bond motifs is 1. The summed E-state index contributed by atoms with van der Waals surface area (Å²) in [5, 5.41) is 5.17. The number of methoxy groups -OCH3 is 1. The van der Waals surface area contributed by atoms with Gasteiger partial charge in [-0.25, -0.2) is 9.59 Å². The van der Waals surface area contributed by atoms with Crippen molar-refractivity contribution in [3.63, 3.8) is 0 Å². The molecule has 1 unspecified atom stereocenters. The van der Waals surface area contributed by atoms with Crippen LogP contribution in [0.4, 0.5) is 16.2 Å². The van der Waals surface area contributed by atoms with E-state index < -0.39 is 18.0 Å². The lowest BCUT2D eigenvalue weighted by Crippen LogP contribution is -2.51. The van der Waals surface area contributed by atoms with Gasteiger partial charge in [-0.1, -0.05) is 12.1 Å². The lowest BCUT2D eigenvalue weighted by atomic mass is 10.2. The van der Waals surface area contributed by atoms with Gasteiger partial charge < -0.3 is 15.4 Å². The van der Waals surface area contributed by atoms with Crippen molar-refractivity contribution >= 4 is 29.3 Å². The molecular weight excluding hydrogens is 262 g/mol. The fraction of sp³-hybridized carbons (Fsp3) is 0.308. The molecule has 1 aromatic carbocycles. The number of nitrogens with one attached hydrogen (secondary N) is 2. The number of benzene rings is 1. The Balaban J connectivity index is 2.18. The number of anilines is 2. The minimum atomic E-state index is -0.787. The van der Waals surface area contributed by atoms with Gasteiger partial charge in [0.05, 0.1) is 18.5 Å². The standard InChI is InChI=1S/C13H15N3O4/c1-8(12(18)20-2)14-13(19)16-7-11(17)15-9-5-3-4-6-10(9)16/h3-6,8H,7H2,1-2H3,(H,14,19)(H,15,17). The van der Waals surface area contributed by atoms with Crippen LogP contribution in [-0.4, -0.2) is 37.6 Å². The van der Waals surface area contributed by atoms with Crippen LogP contribution < -0.4 is 15.5 Å². The van der Waals surface area contributed by atoms with Gasteiger partial charge in [0.25, 0.3) is 0 Å². The molecule has 0 aliphatic carbocycles. The number of para-hydroxylation sites is 2. The molecule has 3 amide bonds. The Morgan fingerprint density at radius 1 is 1.40 bits per heavy atom. The van der Waals surface area contributed by atoms with Gasteiger partial charge in [0, 0.05) is 0 Å². The number of carbonyl (C=O) groups is 3. The topological polar surface area (TPSA) is 87.7 Å². The lowest BCUT2D eigenvalue weighted by molar-refractivity contribution is -0.142. The van der Waals surface area contributed by atoms with E-state index in [1.54, 1.807) is 24.3 Å². The summed E-state index contributed by atoms with van der Waals surface area (Å²) in [6, 6.07) is 5.64. The molecule has 0 saturated carbocycles. The Hall–Kier alpha value is -2.57. The summed E-state index contributed by atoms with van der Waals surface area (Å²) in [6.45, 7) is 1.41. The Morgan fingerprint density at radius 3 is 2.80 bits per heavy atom. The SMILES string of the molecule is COC(=O)C(C)NC(=O)N1CC(=O)Nc2ccccc21. The van der Waals surface area contributed by atoms with Crippen LogP contribution in [-0.2, 0) is 14.3 Å². The van der Waals surface area contributed by atoms with E-state index >= 15 is 0 Å². The molecule has 7 heteroatoms. The van der Waals surface area contributed by atoms with E-state index in [-0.39, 0.29) is 12.5 Å². The third-order valence-corrected chi connectivity index (χ3v) is 2.91. The fourth-order valence-corrected chi connectivity index (χ4v) is 1.91. The van der Waals surface area contributed by atoms with Crippen LogP contribution in [0.2, 0.25) is 0 Å². The molecular formula is C13H15N3O4. The molecule has 0 aromatic heterocycles. The van der Waals surface area contributed by atoms with Gasteiger partial charge in [0.1, 0.15) is 12.6 Å². The maximum absolute atomic E-state index is 12.2. The number of ether oxygens (including phenoxy) is 1. The van der Waals surface area contributed by atoms with E-state index in [9.17, 15) is 14.4 Å². The number of carbonyl (C=O) groups excluding carboxylic acids is 3. The lowest BCUT2D eigenvalue weighted by Gasteiger charge is -2.29. The number of nitrogens with zero attached hydrogens (tertiary/aromatic N) is 1. The molecule has 2 rings (SSSR count). The predicted octanol–water partition coefficient (Wildman–Crippen LogP) is 0.716. The summed E-state index contributed by atoms with van der Waals surface area (Å²) in [6.07, 6.45) is 0. The van der Waals surface area contributed by atoms with Crippen LogP contribution in [0.1, 0.15) is 6.92 Å². The maximum Gasteiger partial charge on any atom is 0.328 e. The molecule has 1 atom stereocenters. The number of hydrogen-bond acceptors (Lipinski definition) is 4. The molecule has 0 spiro atoms. The minimum Gasteiger partial charge on any atom is -0.467 e. The van der Waals surface area contributed by atoms with Crippen LogP contribution in [0.3, 0.4) is 0 Å². The van der Waals surface area contributed by atoms with Crippen LogP contribution in [0.5, 0.6) is 0 Å². The summed E-state index contributed by atoms with van der Waals surface area (Å²) in [5.41, 5.74) is 1.14. The Labute approximate surface area is 115 Å². The van der Waals surface area contributed by atoms with Crippen molar-refractivity contribution in [2.75, 3.05) is 23.9 Å². The predicted molar refractivity (Wildman–Crippen MR) is 72.4 cm³/mol. The summed E-state index contributed by atoms with van der Waals surface area (Å²) in [5.74, 6) is -0.835. The van der Waals surface area contributed by atoms with Crippen molar-refractivity contribution < 1.29 is 19.1 Å². The molecule has 7 nitrogen and oxygen atoms in total. The van der Waals surface area contributed by atoms with Crippen molar-refractivity contribution in [1.29, 1.82) is 0 Å². The Bertz CT molecular complexity index is 558. The molecule has 1 aliphatic heterocycles. The smallest absolute Gasteiger partial charge is 0.328 e. The number of urea groups is 1. The first-order chi connectivity index (χ1) is 9.52. The second-order valence-corrected chi connectivity index (χ2v) is 4.35. The summed E-state index contributed by atoms with van der Waals surface area (Å²) < 4.78 is 4.54. The number of rotatable bonds is 2. The number of esters is 1. The number of amides is 3. The summed E-state index contributed by atoms with van der Waals surface area (Å²) >= 11 is 0. The van der Waals surface area contributed by atoms with Gasteiger partial charge in [0.15, 0.2) is 0 Å². The summed E-state index contributed by atoms with van der Waals surface area (Å²) in [7, 11) is 1.24. The van der Waals surface area contributed by atoms with Gasteiger partial charge in [0.2, 0.25) is 5.91 Å². The normalized spacial score (nSPS) is 14.9. The highest BCUT2D eigenvalue weighted by atomic mass is 16.5. The number of hydrogen-bond donors (Lipinski definition) is 2. The maximum atomic E-state index is 12.2. The third kappa shape index (κ3) is 2.71. The van der Waals surface area contributed by atoms with Crippen molar-refractivity contribution in [3.05, 3.63) is 24.3 Å². The molecule has 20 heavy (non-hydrogen) atoms. The highest BCUT2D eigenvalue weighted by molar-refractivity contribution is 6.09. The molecule has 1 heterocycles. The highest BCUT2D eigenvalue weighted by Gasteiger charge is 2.28. The highest BCUT2D eigenvalue weighted by Crippen LogP contribution is 2.28. The first-order valence-electron chi connectivity index (χ1n) is 6.07. The van der Waals surface area contributed by atoms with Gasteiger partial charge in [-0.2, -0.15) is 0 Å². The van der Waals surface area contributed by atoms with Crippen LogP contribution in [0, 0.1) is 0 Å². The van der Waals surface area contributed by atoms with Gasteiger partial charge in [-0.15, -0.1) is 0 Å². The molecule has 0 bridgehead atoms. The third-order valence-electron chi connectivity index (χ3n) is 2.91. The second-order valence-electron chi connectivity index (χ2n) is 4.35. The van der Waals surface area contributed by atoms with E-state index in [1.165, 1.54) is 18.9 Å². The Kier molecular flexibility index (Phi) is 3.88. The zero-order valence-corrected chi connectivity index (χ0v) is 11.2. The largest absolute Gasteiger partial charge is 0.467 e. The zero-order chi connectivity index (χ0) is 14.7. The average molecular weight is 277 g/mol. The Morgan fingerprint density at radius 2 is 2.10 bits per heavy atom. The van der Waals surface area contributed by atoms with Crippen molar-refractivity contribution in [3.8, 4) is 0 Å². The van der Waals surface area contributed by atoms with Crippen LogP contribution >= 0.6 is 0 Å². The van der Waals surface area contributed by atoms with Gasteiger partial charge in [-0.3, -0.25) is 9.69 Å². The van der Waals surface area contributed by atoms with E-state index in [1.807, 2.05) is 0 Å². The van der Waals surface area contributed by atoms with Crippen LogP contribution in [0.15, 0.2) is 24.3 Å². The van der Waals surface area contributed by atoms with Crippen molar-refractivity contribution in [2.45, 2.75) is 13.0 Å². The second kappa shape index (κ2) is 5.60. The van der Waals surface area contributed by atoms with E-state index in [0.717, 1.165) is 0 Å². The first kappa shape index (κ1) is 13.9. The van der Waals surface area contributed by atoms with Crippen molar-refractivity contribution in [2.24, 2.45) is 0 Å². The van der Waals surface area contributed by atoms with E-state index in [4.69, 9.17) is 0 Å². The monoisotopic (exact) mass is 277 g/mol. The zero-order valence-electron chi connectivity index (χ0n) is 11.2. The molecule has 1 aliphatic rings. The fourth-order valence-electron chi connectivity index (χ4n) is 1.91. The van der Waals surface area contributed by atoms with Gasteiger partial charge in [-0.05, 0) is 19.1 Å². The summed E-state index contributed by atoms with van der Waals surface area (Å²) in [4.78, 5) is 36.3. The molecule has 106 valence electrons. The van der Waals surface area contributed by atoms with E-state index in [2.05, 4.69) is 15.4 Å². The average Bonchev–Trinajstić information content (AvgIpc) is 2.45. The first-order valence-corrected chi connectivity index (χ1v) is 6.07.